The van der Waals surface area contributed by atoms with Gasteiger partial charge in [-0.1, -0.05) is 19.1 Å². The molecule has 114 valence electrons. The molecule has 3 rings (SSSR count). The number of nitrogens with zero attached hydrogens (tertiary/aromatic N) is 2. The van der Waals surface area contributed by atoms with Crippen LogP contribution in [0, 0.1) is 0 Å². The number of hydrogen-bond donors (Lipinski definition) is 0. The summed E-state index contributed by atoms with van der Waals surface area (Å²) in [7, 11) is 1.69. The summed E-state index contributed by atoms with van der Waals surface area (Å²) in [4.78, 5) is 11.3. The second kappa shape index (κ2) is 6.67. The van der Waals surface area contributed by atoms with Crippen LogP contribution < -0.4 is 4.74 Å². The fourth-order valence-electron chi connectivity index (χ4n) is 2.55. The Kier molecular flexibility index (Phi) is 4.64. The van der Waals surface area contributed by atoms with Gasteiger partial charge in [-0.3, -0.25) is 0 Å². The highest BCUT2D eigenvalue weighted by molar-refractivity contribution is 7.99. The molecule has 0 amide bonds. The highest BCUT2D eigenvalue weighted by Gasteiger charge is 2.14. The van der Waals surface area contributed by atoms with Crippen molar-refractivity contribution in [2.75, 3.05) is 13.4 Å². The lowest BCUT2D eigenvalue weighted by molar-refractivity contribution is 0.414. The average Bonchev–Trinajstić information content (AvgIpc) is 2.99. The van der Waals surface area contributed by atoms with Crippen LogP contribution in [-0.4, -0.2) is 23.3 Å². The Hall–Kier alpha value is -1.59. The number of thioether (sulfide) groups is 1. The molecule has 0 saturated carbocycles. The average molecular weight is 330 g/mol. The predicted molar refractivity (Wildman–Crippen MR) is 94.3 cm³/mol. The molecule has 0 bridgehead atoms. The minimum Gasteiger partial charge on any atom is -0.497 e. The maximum atomic E-state index is 5.22. The third-order valence-electron chi connectivity index (χ3n) is 3.82. The van der Waals surface area contributed by atoms with Crippen LogP contribution in [0.15, 0.2) is 40.9 Å². The van der Waals surface area contributed by atoms with Crippen LogP contribution in [0.25, 0.3) is 10.2 Å². The van der Waals surface area contributed by atoms with Crippen LogP contribution in [0.1, 0.15) is 24.1 Å². The van der Waals surface area contributed by atoms with Gasteiger partial charge in [0.2, 0.25) is 0 Å². The van der Waals surface area contributed by atoms with Crippen LogP contribution in [0.5, 0.6) is 5.75 Å². The monoisotopic (exact) mass is 330 g/mol. The Balaban J connectivity index is 1.90. The van der Waals surface area contributed by atoms with Crippen molar-refractivity contribution in [3.05, 3.63) is 47.2 Å². The predicted octanol–water partition coefficient (Wildman–Crippen LogP) is 4.77. The Bertz CT molecular complexity index is 768. The van der Waals surface area contributed by atoms with Gasteiger partial charge in [0.25, 0.3) is 0 Å². The van der Waals surface area contributed by atoms with Crippen LogP contribution in [0.4, 0.5) is 0 Å². The van der Waals surface area contributed by atoms with E-state index in [1.165, 1.54) is 15.8 Å². The number of aromatic nitrogens is 2. The number of methoxy groups -OCH3 is 1. The Morgan fingerprint density at radius 2 is 2.00 bits per heavy atom. The van der Waals surface area contributed by atoms with Crippen molar-refractivity contribution in [2.24, 2.45) is 0 Å². The molecule has 22 heavy (non-hydrogen) atoms. The molecule has 3 aromatic rings. The van der Waals surface area contributed by atoms with Gasteiger partial charge < -0.3 is 4.74 Å². The van der Waals surface area contributed by atoms with Gasteiger partial charge in [-0.25, -0.2) is 9.97 Å². The van der Waals surface area contributed by atoms with E-state index in [1.54, 1.807) is 36.5 Å². The van der Waals surface area contributed by atoms with Crippen LogP contribution in [0.2, 0.25) is 0 Å². The molecule has 0 radical (unpaired) electrons. The smallest absolute Gasteiger partial charge is 0.128 e. The maximum Gasteiger partial charge on any atom is 0.128 e. The van der Waals surface area contributed by atoms with Gasteiger partial charge in [0.1, 0.15) is 16.9 Å². The lowest BCUT2D eigenvalue weighted by Gasteiger charge is -2.13. The lowest BCUT2D eigenvalue weighted by Crippen LogP contribution is -2.01. The summed E-state index contributed by atoms with van der Waals surface area (Å²) < 4.78 is 5.22. The number of thiophene rings is 1. The molecule has 5 heteroatoms. The summed E-state index contributed by atoms with van der Waals surface area (Å²) in [6, 6.07) is 8.29. The van der Waals surface area contributed by atoms with Gasteiger partial charge in [-0.2, -0.15) is 0 Å². The first-order chi connectivity index (χ1) is 10.7. The fourth-order valence-corrected chi connectivity index (χ4v) is 4.36. The normalized spacial score (nSPS) is 12.5. The minimum absolute atomic E-state index is 0.401. The molecular formula is C17H18N2OS2. The van der Waals surface area contributed by atoms with Crippen molar-refractivity contribution in [2.45, 2.75) is 24.2 Å². The first kappa shape index (κ1) is 15.3. The van der Waals surface area contributed by atoms with Crippen molar-refractivity contribution in [1.29, 1.82) is 0 Å². The third-order valence-corrected chi connectivity index (χ3v) is 5.62. The Labute approximate surface area is 138 Å². The van der Waals surface area contributed by atoms with Gasteiger partial charge >= 0.3 is 0 Å². The van der Waals surface area contributed by atoms with Gasteiger partial charge in [0, 0.05) is 15.7 Å². The van der Waals surface area contributed by atoms with E-state index in [-0.39, 0.29) is 0 Å². The van der Waals surface area contributed by atoms with Gasteiger partial charge in [0.15, 0.2) is 0 Å². The molecule has 0 saturated heterocycles. The zero-order valence-electron chi connectivity index (χ0n) is 12.9. The van der Waals surface area contributed by atoms with E-state index in [2.05, 4.69) is 40.7 Å². The van der Waals surface area contributed by atoms with Crippen molar-refractivity contribution in [1.82, 2.24) is 9.97 Å². The van der Waals surface area contributed by atoms with Crippen molar-refractivity contribution in [3.63, 3.8) is 0 Å². The molecule has 3 nitrogen and oxygen atoms in total. The number of ether oxygens (including phenoxy) is 1. The fraction of sp³-hybridized carbons (Fsp3) is 0.294. The number of hydrogen-bond acceptors (Lipinski definition) is 5. The second-order valence-corrected chi connectivity index (χ2v) is 6.89. The summed E-state index contributed by atoms with van der Waals surface area (Å²) >= 11 is 3.45. The van der Waals surface area contributed by atoms with Crippen LogP contribution in [-0.2, 0) is 6.42 Å². The Morgan fingerprint density at radius 3 is 2.68 bits per heavy atom. The van der Waals surface area contributed by atoms with Crippen molar-refractivity contribution in [3.8, 4) is 5.75 Å². The quantitative estimate of drug-likeness (QED) is 0.631. The molecule has 0 N–H and O–H groups in total. The van der Waals surface area contributed by atoms with E-state index in [4.69, 9.17) is 4.74 Å². The van der Waals surface area contributed by atoms with E-state index in [1.807, 2.05) is 12.1 Å². The zero-order valence-corrected chi connectivity index (χ0v) is 14.5. The molecular weight excluding hydrogens is 312 g/mol. The largest absolute Gasteiger partial charge is 0.497 e. The van der Waals surface area contributed by atoms with E-state index >= 15 is 0 Å². The lowest BCUT2D eigenvalue weighted by atomic mass is 9.95. The molecule has 1 unspecified atom stereocenters. The summed E-state index contributed by atoms with van der Waals surface area (Å²) in [5.74, 6) is 1.29. The molecule has 0 aliphatic carbocycles. The van der Waals surface area contributed by atoms with Gasteiger partial charge in [-0.05, 0) is 36.3 Å². The highest BCUT2D eigenvalue weighted by atomic mass is 32.2. The first-order valence-corrected chi connectivity index (χ1v) is 9.22. The van der Waals surface area contributed by atoms with Crippen molar-refractivity contribution >= 4 is 33.3 Å². The summed E-state index contributed by atoms with van der Waals surface area (Å²) in [6.45, 7) is 2.24. The second-order valence-electron chi connectivity index (χ2n) is 5.18. The van der Waals surface area contributed by atoms with E-state index in [0.29, 0.717) is 5.92 Å². The SMILES string of the molecule is COc1ccc(C(C)Cc2ncnc3scc(SC)c23)cc1. The van der Waals surface area contributed by atoms with Crippen LogP contribution >= 0.6 is 23.1 Å². The Morgan fingerprint density at radius 1 is 1.23 bits per heavy atom. The van der Waals surface area contributed by atoms with E-state index < -0.39 is 0 Å². The van der Waals surface area contributed by atoms with E-state index in [9.17, 15) is 0 Å². The van der Waals surface area contributed by atoms with Crippen molar-refractivity contribution < 1.29 is 4.74 Å². The molecule has 1 atom stereocenters. The third kappa shape index (κ3) is 2.96. The van der Waals surface area contributed by atoms with E-state index in [0.717, 1.165) is 22.7 Å². The molecule has 1 aromatic carbocycles. The summed E-state index contributed by atoms with van der Waals surface area (Å²) in [6.07, 6.45) is 4.69. The van der Waals surface area contributed by atoms with Crippen LogP contribution in [0.3, 0.4) is 0 Å². The highest BCUT2D eigenvalue weighted by Crippen LogP contribution is 2.34. The molecule has 0 aliphatic heterocycles. The number of rotatable bonds is 5. The summed E-state index contributed by atoms with van der Waals surface area (Å²) in [5.41, 5.74) is 2.44. The van der Waals surface area contributed by atoms with Gasteiger partial charge in [0.05, 0.1) is 12.8 Å². The number of benzene rings is 1. The zero-order chi connectivity index (χ0) is 15.5. The maximum absolute atomic E-state index is 5.22. The molecule has 0 fully saturated rings. The molecule has 2 aromatic heterocycles. The minimum atomic E-state index is 0.401. The topological polar surface area (TPSA) is 35.0 Å². The molecule has 0 spiro atoms. The summed E-state index contributed by atoms with van der Waals surface area (Å²) in [5, 5.41) is 3.39. The molecule has 0 aliphatic rings. The first-order valence-electron chi connectivity index (χ1n) is 7.12. The molecule has 2 heterocycles. The number of fused-ring (bicyclic) bond motifs is 1. The standard InChI is InChI=1S/C17H18N2OS2/c1-11(12-4-6-13(20-2)7-5-12)8-14-16-15(21-3)9-22-17(16)19-10-18-14/h4-7,9-11H,8H2,1-3H3. The van der Waals surface area contributed by atoms with Gasteiger partial charge in [-0.15, -0.1) is 23.1 Å².